The molecule has 0 heterocycles. The van der Waals surface area contributed by atoms with E-state index in [4.69, 9.17) is 11.5 Å². The molecule has 11 heteroatoms. The zero-order valence-corrected chi connectivity index (χ0v) is 19.1. The Hall–Kier alpha value is -3.44. The van der Waals surface area contributed by atoms with Gasteiger partial charge in [-0.05, 0) is 43.9 Å². The Morgan fingerprint density at radius 2 is 1.67 bits per heavy atom. The molecule has 2 aromatic rings. The first kappa shape index (κ1) is 25.8. The minimum atomic E-state index is -4.03. The smallest absolute Gasteiger partial charge is 0.326 e. The molecule has 178 valence electrons. The summed E-state index contributed by atoms with van der Waals surface area (Å²) in [6, 6.07) is 12.6. The number of benzene rings is 2. The number of hydrogen-bond acceptors (Lipinski definition) is 5. The molecule has 10 nitrogen and oxygen atoms in total. The second-order valence-corrected chi connectivity index (χ2v) is 9.24. The Labute approximate surface area is 193 Å². The maximum Gasteiger partial charge on any atom is 0.326 e. The van der Waals surface area contributed by atoms with E-state index in [0.717, 1.165) is 5.56 Å². The highest BCUT2D eigenvalue weighted by atomic mass is 32.2. The Morgan fingerprint density at radius 3 is 2.24 bits per heavy atom. The number of sulfonamides is 1. The lowest BCUT2D eigenvalue weighted by Gasteiger charge is -2.21. The minimum absolute atomic E-state index is 0.00554. The Bertz CT molecular complexity index is 1070. The maximum atomic E-state index is 13.0. The summed E-state index contributed by atoms with van der Waals surface area (Å²) < 4.78 is 28.2. The van der Waals surface area contributed by atoms with Crippen LogP contribution in [0.2, 0.25) is 0 Å². The summed E-state index contributed by atoms with van der Waals surface area (Å²) in [7, 11) is -4.03. The lowest BCUT2D eigenvalue weighted by Crippen LogP contribution is -2.52. The molecule has 7 N–H and O–H groups in total. The predicted octanol–water partition coefficient (Wildman–Crippen LogP) is 0.508. The largest absolute Gasteiger partial charge is 0.480 e. The Balaban J connectivity index is 2.20. The van der Waals surface area contributed by atoms with Crippen molar-refractivity contribution in [3.63, 3.8) is 0 Å². The molecule has 0 fully saturated rings. The Morgan fingerprint density at radius 1 is 1.03 bits per heavy atom. The molecule has 2 atom stereocenters. The molecule has 0 aliphatic carbocycles. The van der Waals surface area contributed by atoms with Gasteiger partial charge in [-0.25, -0.2) is 13.2 Å². The van der Waals surface area contributed by atoms with E-state index in [-0.39, 0.29) is 30.2 Å². The van der Waals surface area contributed by atoms with Gasteiger partial charge in [0.25, 0.3) is 0 Å². The van der Waals surface area contributed by atoms with Crippen molar-refractivity contribution in [3.05, 3.63) is 65.7 Å². The fourth-order valence-corrected chi connectivity index (χ4v) is 4.24. The van der Waals surface area contributed by atoms with Crippen LogP contribution >= 0.6 is 0 Å². The quantitative estimate of drug-likeness (QED) is 0.169. The molecule has 0 radical (unpaired) electrons. The van der Waals surface area contributed by atoms with E-state index in [0.29, 0.717) is 12.0 Å². The van der Waals surface area contributed by atoms with E-state index >= 15 is 0 Å². The first-order valence-electron chi connectivity index (χ1n) is 10.3. The maximum absolute atomic E-state index is 13.0. The number of aliphatic imine (C=N–C) groups is 1. The van der Waals surface area contributed by atoms with E-state index in [1.807, 2.05) is 6.92 Å². The Kier molecular flexibility index (Phi) is 9.37. The van der Waals surface area contributed by atoms with E-state index in [1.165, 1.54) is 12.1 Å². The van der Waals surface area contributed by atoms with Gasteiger partial charge in [0.2, 0.25) is 15.9 Å². The van der Waals surface area contributed by atoms with Crippen LogP contribution in [0, 0.1) is 6.92 Å². The lowest BCUT2D eigenvalue weighted by molar-refractivity contribution is -0.142. The molecule has 0 saturated carbocycles. The minimum Gasteiger partial charge on any atom is -0.480 e. The van der Waals surface area contributed by atoms with Crippen LogP contribution < -0.4 is 21.5 Å². The topological polar surface area (TPSA) is 177 Å². The number of carbonyl (C=O) groups is 2. The van der Waals surface area contributed by atoms with Gasteiger partial charge in [-0.3, -0.25) is 9.79 Å². The van der Waals surface area contributed by atoms with Gasteiger partial charge in [0, 0.05) is 6.54 Å². The van der Waals surface area contributed by atoms with Crippen molar-refractivity contribution in [1.82, 2.24) is 10.0 Å². The molecule has 0 aliphatic rings. The number of amides is 1. The van der Waals surface area contributed by atoms with E-state index in [2.05, 4.69) is 15.0 Å². The van der Waals surface area contributed by atoms with Crippen molar-refractivity contribution >= 4 is 27.9 Å². The first-order valence-corrected chi connectivity index (χ1v) is 11.8. The fraction of sp³-hybridized carbons (Fsp3) is 0.318. The highest BCUT2D eigenvalue weighted by molar-refractivity contribution is 7.89. The third-order valence-corrected chi connectivity index (χ3v) is 6.28. The predicted molar refractivity (Wildman–Crippen MR) is 125 cm³/mol. The first-order chi connectivity index (χ1) is 15.6. The number of guanidine groups is 1. The van der Waals surface area contributed by atoms with E-state index in [9.17, 15) is 23.1 Å². The summed E-state index contributed by atoms with van der Waals surface area (Å²) in [5.41, 5.74) is 12.1. The van der Waals surface area contributed by atoms with Crippen molar-refractivity contribution in [2.75, 3.05) is 6.54 Å². The van der Waals surface area contributed by atoms with Crippen LogP contribution in [0.15, 0.2) is 64.5 Å². The fourth-order valence-electron chi connectivity index (χ4n) is 3.04. The number of carbonyl (C=O) groups excluding carboxylic acids is 1. The third kappa shape index (κ3) is 8.54. The van der Waals surface area contributed by atoms with Crippen LogP contribution in [0.3, 0.4) is 0 Å². The molecule has 2 aromatic carbocycles. The second kappa shape index (κ2) is 12.0. The normalized spacial score (nSPS) is 13.0. The molecule has 0 aliphatic heterocycles. The van der Waals surface area contributed by atoms with Crippen LogP contribution in [-0.2, 0) is 26.0 Å². The number of aryl methyl sites for hydroxylation is 1. The lowest BCUT2D eigenvalue weighted by atomic mass is 10.1. The molecule has 33 heavy (non-hydrogen) atoms. The van der Waals surface area contributed by atoms with Crippen LogP contribution in [0.5, 0.6) is 0 Å². The van der Waals surface area contributed by atoms with Crippen molar-refractivity contribution in [3.8, 4) is 0 Å². The molecule has 0 spiro atoms. The van der Waals surface area contributed by atoms with Crippen LogP contribution in [-0.4, -0.2) is 50.0 Å². The zero-order chi connectivity index (χ0) is 24.4. The van der Waals surface area contributed by atoms with E-state index in [1.54, 1.807) is 42.5 Å². The van der Waals surface area contributed by atoms with Gasteiger partial charge < -0.3 is 21.9 Å². The summed E-state index contributed by atoms with van der Waals surface area (Å²) in [4.78, 5) is 28.4. The molecule has 1 amide bonds. The van der Waals surface area contributed by atoms with Crippen molar-refractivity contribution in [1.29, 1.82) is 0 Å². The zero-order valence-electron chi connectivity index (χ0n) is 18.3. The van der Waals surface area contributed by atoms with Crippen molar-refractivity contribution in [2.24, 2.45) is 16.5 Å². The van der Waals surface area contributed by atoms with Crippen LogP contribution in [0.4, 0.5) is 0 Å². The highest BCUT2D eigenvalue weighted by Gasteiger charge is 2.29. The van der Waals surface area contributed by atoms with Crippen molar-refractivity contribution < 1.29 is 23.1 Å². The number of carboxylic acids is 1. The van der Waals surface area contributed by atoms with Gasteiger partial charge in [-0.15, -0.1) is 0 Å². The van der Waals surface area contributed by atoms with Crippen LogP contribution in [0.1, 0.15) is 24.0 Å². The summed E-state index contributed by atoms with van der Waals surface area (Å²) in [6.07, 6.45) is 0.423. The number of aliphatic carboxylic acids is 1. The molecule has 0 saturated heterocycles. The van der Waals surface area contributed by atoms with Gasteiger partial charge in [0.1, 0.15) is 12.1 Å². The number of nitrogens with one attached hydrogen (secondary N) is 2. The van der Waals surface area contributed by atoms with Gasteiger partial charge in [0.05, 0.1) is 4.90 Å². The molecule has 0 unspecified atom stereocenters. The summed E-state index contributed by atoms with van der Waals surface area (Å²) in [6.45, 7) is 2.03. The van der Waals surface area contributed by atoms with Gasteiger partial charge in [-0.1, -0.05) is 48.0 Å². The molecule has 2 rings (SSSR count). The standard InChI is InChI=1S/C22H29N5O5S/c1-15-9-11-17(12-10-15)33(31,32)27-19(14-16-6-3-2-4-7-16)20(28)26-18(21(29)30)8-5-13-25-22(23)24/h2-4,6-7,9-12,18-19,27H,5,8,13-14H2,1H3,(H,26,28)(H,29,30)(H4,23,24,25)/t18-,19-/m0/s1. The number of nitrogens with zero attached hydrogens (tertiary/aromatic N) is 1. The number of rotatable bonds is 12. The van der Waals surface area contributed by atoms with E-state index < -0.39 is 34.0 Å². The van der Waals surface area contributed by atoms with Crippen LogP contribution in [0.25, 0.3) is 0 Å². The number of nitrogens with two attached hydrogens (primary N) is 2. The summed E-state index contributed by atoms with van der Waals surface area (Å²) >= 11 is 0. The van der Waals surface area contributed by atoms with Gasteiger partial charge in [-0.2, -0.15) is 4.72 Å². The van der Waals surface area contributed by atoms with Crippen molar-refractivity contribution in [2.45, 2.75) is 43.2 Å². The van der Waals surface area contributed by atoms with Gasteiger partial charge in [0.15, 0.2) is 5.96 Å². The molecule has 0 bridgehead atoms. The number of hydrogen-bond donors (Lipinski definition) is 5. The second-order valence-electron chi connectivity index (χ2n) is 7.52. The average molecular weight is 476 g/mol. The molecule has 0 aromatic heterocycles. The summed E-state index contributed by atoms with van der Waals surface area (Å²) in [5.74, 6) is -2.10. The SMILES string of the molecule is Cc1ccc(S(=O)(=O)N[C@@H](Cc2ccccc2)C(=O)N[C@@H](CCCN=C(N)N)C(=O)O)cc1. The third-order valence-electron chi connectivity index (χ3n) is 4.79. The van der Waals surface area contributed by atoms with Gasteiger partial charge >= 0.3 is 5.97 Å². The number of carboxylic acid groups (broad SMARTS) is 1. The molecular weight excluding hydrogens is 446 g/mol. The summed E-state index contributed by atoms with van der Waals surface area (Å²) in [5, 5.41) is 11.9. The molecular formula is C22H29N5O5S. The average Bonchev–Trinajstić information content (AvgIpc) is 2.75. The monoisotopic (exact) mass is 475 g/mol. The highest BCUT2D eigenvalue weighted by Crippen LogP contribution is 2.13.